The van der Waals surface area contributed by atoms with Crippen molar-refractivity contribution in [2.45, 2.75) is 13.3 Å². The number of carbonyl (C=O) groups excluding carboxylic acids is 1. The van der Waals surface area contributed by atoms with Gasteiger partial charge in [0.05, 0.1) is 6.61 Å². The number of ether oxygens (including phenoxy) is 2. The zero-order chi connectivity index (χ0) is 17.0. The minimum atomic E-state index is -4.84. The van der Waals surface area contributed by atoms with Crippen molar-refractivity contribution in [3.05, 3.63) is 53.8 Å². The smallest absolute Gasteiger partial charge is 0.462 e. The molecule has 23 heavy (non-hydrogen) atoms. The Labute approximate surface area is 129 Å². The highest BCUT2D eigenvalue weighted by Gasteiger charge is 2.31. The lowest BCUT2D eigenvalue weighted by atomic mass is 9.99. The fourth-order valence-corrected chi connectivity index (χ4v) is 2.04. The van der Waals surface area contributed by atoms with Crippen molar-refractivity contribution in [1.82, 2.24) is 0 Å². The molecule has 0 fully saturated rings. The van der Waals surface area contributed by atoms with Crippen LogP contribution in [0.4, 0.5) is 17.6 Å². The predicted octanol–water partition coefficient (Wildman–Crippen LogP) is 4.57. The molecule has 0 saturated carbocycles. The van der Waals surface area contributed by atoms with Crippen LogP contribution in [0.5, 0.6) is 5.75 Å². The fraction of sp³-hybridized carbons (Fsp3) is 0.188. The third-order valence-corrected chi connectivity index (χ3v) is 2.87. The highest BCUT2D eigenvalue weighted by molar-refractivity contribution is 5.97. The summed E-state index contributed by atoms with van der Waals surface area (Å²) in [6.45, 7) is 1.61. The van der Waals surface area contributed by atoms with Gasteiger partial charge in [-0.05, 0) is 36.2 Å². The molecule has 2 aromatic rings. The fourth-order valence-electron chi connectivity index (χ4n) is 2.04. The topological polar surface area (TPSA) is 35.5 Å². The lowest BCUT2D eigenvalue weighted by Crippen LogP contribution is -2.17. The van der Waals surface area contributed by atoms with Crippen molar-refractivity contribution in [1.29, 1.82) is 0 Å². The Morgan fingerprint density at radius 2 is 1.83 bits per heavy atom. The van der Waals surface area contributed by atoms with Gasteiger partial charge in [0.2, 0.25) is 0 Å². The van der Waals surface area contributed by atoms with E-state index in [2.05, 4.69) is 4.74 Å². The molecule has 122 valence electrons. The highest BCUT2D eigenvalue weighted by Crippen LogP contribution is 2.31. The van der Waals surface area contributed by atoms with Crippen LogP contribution in [0.25, 0.3) is 11.1 Å². The van der Waals surface area contributed by atoms with E-state index >= 15 is 0 Å². The summed E-state index contributed by atoms with van der Waals surface area (Å²) < 4.78 is 59.5. The summed E-state index contributed by atoms with van der Waals surface area (Å²) in [5, 5.41) is 0. The van der Waals surface area contributed by atoms with Crippen LogP contribution in [-0.4, -0.2) is 18.9 Å². The first-order valence-electron chi connectivity index (χ1n) is 6.63. The van der Waals surface area contributed by atoms with Crippen molar-refractivity contribution >= 4 is 5.97 Å². The van der Waals surface area contributed by atoms with Crippen LogP contribution in [0.2, 0.25) is 0 Å². The minimum Gasteiger partial charge on any atom is -0.462 e. The average Bonchev–Trinajstić information content (AvgIpc) is 2.45. The number of carbonyl (C=O) groups is 1. The summed E-state index contributed by atoms with van der Waals surface area (Å²) in [5.41, 5.74) is -0.0103. The summed E-state index contributed by atoms with van der Waals surface area (Å²) in [7, 11) is 0. The van der Waals surface area contributed by atoms with Gasteiger partial charge in [-0.3, -0.25) is 0 Å². The lowest BCUT2D eigenvalue weighted by molar-refractivity contribution is -0.274. The molecule has 0 aliphatic carbocycles. The van der Waals surface area contributed by atoms with Crippen LogP contribution in [-0.2, 0) is 4.74 Å². The van der Waals surface area contributed by atoms with Gasteiger partial charge in [-0.15, -0.1) is 13.2 Å². The van der Waals surface area contributed by atoms with Gasteiger partial charge in [0.25, 0.3) is 0 Å². The second-order valence-corrected chi connectivity index (χ2v) is 4.46. The van der Waals surface area contributed by atoms with E-state index in [1.807, 2.05) is 0 Å². The molecule has 0 heterocycles. The van der Waals surface area contributed by atoms with Gasteiger partial charge in [0.15, 0.2) is 0 Å². The van der Waals surface area contributed by atoms with E-state index in [1.54, 1.807) is 6.92 Å². The Kier molecular flexibility index (Phi) is 4.88. The summed E-state index contributed by atoms with van der Waals surface area (Å²) in [6.07, 6.45) is -4.84. The van der Waals surface area contributed by atoms with Gasteiger partial charge in [-0.1, -0.05) is 24.3 Å². The van der Waals surface area contributed by atoms with E-state index in [1.165, 1.54) is 24.3 Å². The number of esters is 1. The van der Waals surface area contributed by atoms with Gasteiger partial charge < -0.3 is 9.47 Å². The molecule has 0 saturated heterocycles. The quantitative estimate of drug-likeness (QED) is 0.609. The second-order valence-electron chi connectivity index (χ2n) is 4.46. The monoisotopic (exact) mass is 328 g/mol. The molecule has 0 radical (unpaired) electrons. The summed E-state index contributed by atoms with van der Waals surface area (Å²) in [4.78, 5) is 11.9. The Hall–Kier alpha value is -2.57. The van der Waals surface area contributed by atoms with E-state index in [0.29, 0.717) is 0 Å². The molecule has 0 unspecified atom stereocenters. The summed E-state index contributed by atoms with van der Waals surface area (Å²) >= 11 is 0. The van der Waals surface area contributed by atoms with Crippen molar-refractivity contribution in [3.8, 4) is 16.9 Å². The van der Waals surface area contributed by atoms with Crippen molar-refractivity contribution in [2.75, 3.05) is 6.61 Å². The Morgan fingerprint density at radius 3 is 2.48 bits per heavy atom. The second kappa shape index (κ2) is 6.68. The Bertz CT molecular complexity index is 711. The summed E-state index contributed by atoms with van der Waals surface area (Å²) in [5.74, 6) is -2.17. The third-order valence-electron chi connectivity index (χ3n) is 2.87. The molecular weight excluding hydrogens is 316 g/mol. The normalized spacial score (nSPS) is 11.2. The largest absolute Gasteiger partial charge is 0.573 e. The zero-order valence-corrected chi connectivity index (χ0v) is 12.0. The van der Waals surface area contributed by atoms with E-state index in [9.17, 15) is 22.4 Å². The maximum absolute atomic E-state index is 14.0. The van der Waals surface area contributed by atoms with E-state index in [-0.39, 0.29) is 23.3 Å². The standard InChI is InChI=1S/C16H12F4O3/c1-2-22-15(21)14-12(7-4-8-13(14)17)10-5-3-6-11(9-10)23-16(18,19)20/h3-9H,2H2,1H3. The predicted molar refractivity (Wildman–Crippen MR) is 74.5 cm³/mol. The van der Waals surface area contributed by atoms with E-state index < -0.39 is 23.9 Å². The van der Waals surface area contributed by atoms with E-state index in [4.69, 9.17) is 4.74 Å². The van der Waals surface area contributed by atoms with Crippen molar-refractivity contribution in [2.24, 2.45) is 0 Å². The first-order chi connectivity index (χ1) is 10.8. The zero-order valence-electron chi connectivity index (χ0n) is 12.0. The van der Waals surface area contributed by atoms with Gasteiger partial charge in [0.1, 0.15) is 17.1 Å². The summed E-state index contributed by atoms with van der Waals surface area (Å²) in [6, 6.07) is 8.79. The molecule has 0 aliphatic rings. The van der Waals surface area contributed by atoms with Crippen molar-refractivity contribution in [3.63, 3.8) is 0 Å². The average molecular weight is 328 g/mol. The van der Waals surface area contributed by atoms with Gasteiger partial charge in [0, 0.05) is 0 Å². The molecule has 0 aromatic heterocycles. The van der Waals surface area contributed by atoms with Gasteiger partial charge >= 0.3 is 12.3 Å². The number of hydrogen-bond donors (Lipinski definition) is 0. The van der Waals surface area contributed by atoms with Crippen LogP contribution >= 0.6 is 0 Å². The first kappa shape index (κ1) is 16.8. The molecular formula is C16H12F4O3. The minimum absolute atomic E-state index is 0.0455. The first-order valence-corrected chi connectivity index (χ1v) is 6.63. The molecule has 0 spiro atoms. The van der Waals surface area contributed by atoms with Crippen LogP contribution in [0.15, 0.2) is 42.5 Å². The van der Waals surface area contributed by atoms with Crippen LogP contribution in [0.3, 0.4) is 0 Å². The highest BCUT2D eigenvalue weighted by atomic mass is 19.4. The molecule has 0 amide bonds. The molecule has 3 nitrogen and oxygen atoms in total. The van der Waals surface area contributed by atoms with E-state index in [0.717, 1.165) is 18.2 Å². The van der Waals surface area contributed by atoms with Crippen LogP contribution < -0.4 is 4.74 Å². The maximum atomic E-state index is 14.0. The number of hydrogen-bond acceptors (Lipinski definition) is 3. The number of benzene rings is 2. The molecule has 0 bridgehead atoms. The Balaban J connectivity index is 2.48. The van der Waals surface area contributed by atoms with Gasteiger partial charge in [-0.25, -0.2) is 9.18 Å². The maximum Gasteiger partial charge on any atom is 0.573 e. The third kappa shape index (κ3) is 4.21. The number of rotatable bonds is 4. The molecule has 2 rings (SSSR count). The number of halogens is 4. The lowest BCUT2D eigenvalue weighted by Gasteiger charge is -2.12. The van der Waals surface area contributed by atoms with Crippen molar-refractivity contribution < 1.29 is 31.8 Å². The molecule has 0 N–H and O–H groups in total. The van der Waals surface area contributed by atoms with Crippen LogP contribution in [0.1, 0.15) is 17.3 Å². The van der Waals surface area contributed by atoms with Crippen LogP contribution in [0, 0.1) is 5.82 Å². The Morgan fingerprint density at radius 1 is 1.13 bits per heavy atom. The molecule has 7 heteroatoms. The SMILES string of the molecule is CCOC(=O)c1c(F)cccc1-c1cccc(OC(F)(F)F)c1. The van der Waals surface area contributed by atoms with Gasteiger partial charge in [-0.2, -0.15) is 0 Å². The molecule has 2 aromatic carbocycles. The molecule has 0 atom stereocenters. The molecule has 0 aliphatic heterocycles. The number of alkyl halides is 3.